The van der Waals surface area contributed by atoms with Crippen molar-refractivity contribution >= 4 is 33.0 Å². The van der Waals surface area contributed by atoms with Crippen LogP contribution in [0, 0.1) is 6.92 Å². The number of rotatable bonds is 4. The predicted molar refractivity (Wildman–Crippen MR) is 84.4 cm³/mol. The summed E-state index contributed by atoms with van der Waals surface area (Å²) >= 11 is 5.77. The molecule has 21 heavy (non-hydrogen) atoms. The number of nitrogens with two attached hydrogens (primary N) is 1. The molecule has 0 heterocycles. The van der Waals surface area contributed by atoms with E-state index in [0.29, 0.717) is 16.4 Å². The van der Waals surface area contributed by atoms with Gasteiger partial charge in [-0.15, -0.1) is 0 Å². The third-order valence-electron chi connectivity index (χ3n) is 2.94. The summed E-state index contributed by atoms with van der Waals surface area (Å²) in [6.07, 6.45) is 0. The highest BCUT2D eigenvalue weighted by Gasteiger charge is 2.21. The van der Waals surface area contributed by atoms with Crippen LogP contribution in [0.25, 0.3) is 0 Å². The van der Waals surface area contributed by atoms with Gasteiger partial charge in [0.05, 0.1) is 7.11 Å². The van der Waals surface area contributed by atoms with Gasteiger partial charge in [0.2, 0.25) is 0 Å². The number of benzene rings is 2. The summed E-state index contributed by atoms with van der Waals surface area (Å²) in [7, 11) is -2.40. The fourth-order valence-electron chi connectivity index (χ4n) is 1.77. The van der Waals surface area contributed by atoms with Gasteiger partial charge in [-0.3, -0.25) is 4.72 Å². The summed E-state index contributed by atoms with van der Waals surface area (Å²) in [5, 5.41) is 0.523. The van der Waals surface area contributed by atoms with Crippen molar-refractivity contribution in [2.45, 2.75) is 11.8 Å². The van der Waals surface area contributed by atoms with Gasteiger partial charge in [-0.05, 0) is 48.9 Å². The molecule has 7 heteroatoms. The Morgan fingerprint density at radius 3 is 2.38 bits per heavy atom. The fourth-order valence-corrected chi connectivity index (χ4v) is 3.15. The molecule has 0 bridgehead atoms. The standard InChI is InChI=1S/C14H15ClN2O3S/c1-9-7-13(20-2)14(8-12(9)16)21(18,19)17-11-5-3-10(15)4-6-11/h3-8,17H,16H2,1-2H3. The van der Waals surface area contributed by atoms with Crippen molar-refractivity contribution in [1.82, 2.24) is 0 Å². The number of hydrogen-bond acceptors (Lipinski definition) is 4. The third kappa shape index (κ3) is 3.40. The number of nitrogen functional groups attached to an aromatic ring is 1. The second-order valence-corrected chi connectivity index (χ2v) is 6.56. The molecule has 0 unspecified atom stereocenters. The topological polar surface area (TPSA) is 81.4 Å². The number of halogens is 1. The normalized spacial score (nSPS) is 11.2. The smallest absolute Gasteiger partial charge is 0.265 e. The highest BCUT2D eigenvalue weighted by Crippen LogP contribution is 2.30. The van der Waals surface area contributed by atoms with Gasteiger partial charge in [0.1, 0.15) is 10.6 Å². The van der Waals surface area contributed by atoms with Crippen molar-refractivity contribution < 1.29 is 13.2 Å². The SMILES string of the molecule is COc1cc(C)c(N)cc1S(=O)(=O)Nc1ccc(Cl)cc1. The molecule has 0 saturated heterocycles. The van der Waals surface area contributed by atoms with E-state index >= 15 is 0 Å². The molecule has 2 rings (SSSR count). The monoisotopic (exact) mass is 326 g/mol. The molecule has 0 aliphatic rings. The summed E-state index contributed by atoms with van der Waals surface area (Å²) in [5.41, 5.74) is 7.32. The van der Waals surface area contributed by atoms with Gasteiger partial charge in [-0.25, -0.2) is 8.42 Å². The van der Waals surface area contributed by atoms with Crippen molar-refractivity contribution in [3.63, 3.8) is 0 Å². The minimum absolute atomic E-state index is 0.0111. The second-order valence-electron chi connectivity index (χ2n) is 4.47. The van der Waals surface area contributed by atoms with Crippen LogP contribution in [0.4, 0.5) is 11.4 Å². The maximum Gasteiger partial charge on any atom is 0.265 e. The van der Waals surface area contributed by atoms with E-state index < -0.39 is 10.0 Å². The molecule has 0 saturated carbocycles. The van der Waals surface area contributed by atoms with E-state index in [-0.39, 0.29) is 10.6 Å². The quantitative estimate of drug-likeness (QED) is 0.846. The molecule has 5 nitrogen and oxygen atoms in total. The van der Waals surface area contributed by atoms with E-state index in [0.717, 1.165) is 5.56 Å². The highest BCUT2D eigenvalue weighted by molar-refractivity contribution is 7.92. The first-order valence-electron chi connectivity index (χ1n) is 6.06. The molecule has 3 N–H and O–H groups in total. The Hall–Kier alpha value is -1.92. The van der Waals surface area contributed by atoms with Gasteiger partial charge in [-0.2, -0.15) is 0 Å². The lowest BCUT2D eigenvalue weighted by atomic mass is 10.2. The molecule has 2 aromatic carbocycles. The maximum atomic E-state index is 12.5. The van der Waals surface area contributed by atoms with E-state index in [9.17, 15) is 8.42 Å². The molecule has 0 amide bonds. The molecule has 112 valence electrons. The van der Waals surface area contributed by atoms with Gasteiger partial charge >= 0.3 is 0 Å². The number of ether oxygens (including phenoxy) is 1. The molecular formula is C14H15ClN2O3S. The summed E-state index contributed by atoms with van der Waals surface area (Å²) in [5.74, 6) is 0.239. The lowest BCUT2D eigenvalue weighted by molar-refractivity contribution is 0.402. The Labute approximate surface area is 128 Å². The largest absolute Gasteiger partial charge is 0.495 e. The number of sulfonamides is 1. The zero-order chi connectivity index (χ0) is 15.6. The van der Waals surface area contributed by atoms with Crippen LogP contribution in [-0.4, -0.2) is 15.5 Å². The van der Waals surface area contributed by atoms with Crippen molar-refractivity contribution in [1.29, 1.82) is 0 Å². The van der Waals surface area contributed by atoms with E-state index in [1.807, 2.05) is 0 Å². The average molecular weight is 327 g/mol. The van der Waals surface area contributed by atoms with Gasteiger partial charge in [0.15, 0.2) is 0 Å². The Morgan fingerprint density at radius 1 is 1.19 bits per heavy atom. The van der Waals surface area contributed by atoms with Gasteiger partial charge < -0.3 is 10.5 Å². The lowest BCUT2D eigenvalue weighted by Gasteiger charge is -2.13. The second kappa shape index (κ2) is 5.83. The first-order chi connectivity index (χ1) is 9.83. The van der Waals surface area contributed by atoms with E-state index in [2.05, 4.69) is 4.72 Å². The predicted octanol–water partition coefficient (Wildman–Crippen LogP) is 3.04. The van der Waals surface area contributed by atoms with Crippen molar-refractivity contribution in [2.75, 3.05) is 17.6 Å². The minimum Gasteiger partial charge on any atom is -0.495 e. The van der Waals surface area contributed by atoms with Crippen LogP contribution >= 0.6 is 11.6 Å². The molecule has 0 atom stereocenters. The van der Waals surface area contributed by atoms with Crippen LogP contribution in [0.15, 0.2) is 41.3 Å². The molecule has 0 aromatic heterocycles. The number of aryl methyl sites for hydroxylation is 1. The van der Waals surface area contributed by atoms with Gasteiger partial charge in [0, 0.05) is 16.4 Å². The molecular weight excluding hydrogens is 312 g/mol. The van der Waals surface area contributed by atoms with Crippen molar-refractivity contribution in [3.8, 4) is 5.75 Å². The van der Waals surface area contributed by atoms with Crippen molar-refractivity contribution in [2.24, 2.45) is 0 Å². The Morgan fingerprint density at radius 2 is 1.81 bits per heavy atom. The molecule has 0 aliphatic carbocycles. The Bertz CT molecular complexity index is 759. The lowest BCUT2D eigenvalue weighted by Crippen LogP contribution is -2.14. The minimum atomic E-state index is -3.81. The molecule has 2 aromatic rings. The number of hydrogen-bond donors (Lipinski definition) is 2. The van der Waals surface area contributed by atoms with Crippen LogP contribution < -0.4 is 15.2 Å². The Kier molecular flexibility index (Phi) is 4.29. The molecule has 0 fully saturated rings. The van der Waals surface area contributed by atoms with Crippen LogP contribution in [0.2, 0.25) is 5.02 Å². The van der Waals surface area contributed by atoms with Crippen LogP contribution in [0.3, 0.4) is 0 Å². The van der Waals surface area contributed by atoms with Gasteiger partial charge in [-0.1, -0.05) is 11.6 Å². The van der Waals surface area contributed by atoms with Gasteiger partial charge in [0.25, 0.3) is 10.0 Å². The zero-order valence-corrected chi connectivity index (χ0v) is 13.1. The van der Waals surface area contributed by atoms with Crippen LogP contribution in [-0.2, 0) is 10.0 Å². The first kappa shape index (κ1) is 15.5. The highest BCUT2D eigenvalue weighted by atomic mass is 35.5. The average Bonchev–Trinajstić information content (AvgIpc) is 2.43. The molecule has 0 spiro atoms. The summed E-state index contributed by atoms with van der Waals surface area (Å²) in [4.78, 5) is -0.0111. The van der Waals surface area contributed by atoms with E-state index in [1.165, 1.54) is 13.2 Å². The zero-order valence-electron chi connectivity index (χ0n) is 11.6. The summed E-state index contributed by atoms with van der Waals surface area (Å²) < 4.78 is 32.5. The third-order valence-corrected chi connectivity index (χ3v) is 4.59. The number of methoxy groups -OCH3 is 1. The maximum absolute atomic E-state index is 12.5. The summed E-state index contributed by atoms with van der Waals surface area (Å²) in [6.45, 7) is 1.78. The van der Waals surface area contributed by atoms with E-state index in [1.54, 1.807) is 37.3 Å². The number of anilines is 2. The molecule has 0 radical (unpaired) electrons. The van der Waals surface area contributed by atoms with Crippen molar-refractivity contribution in [3.05, 3.63) is 47.0 Å². The van der Waals surface area contributed by atoms with E-state index in [4.69, 9.17) is 22.1 Å². The first-order valence-corrected chi connectivity index (χ1v) is 7.92. The van der Waals surface area contributed by atoms with Crippen LogP contribution in [0.1, 0.15) is 5.56 Å². The fraction of sp³-hybridized carbons (Fsp3) is 0.143. The van der Waals surface area contributed by atoms with Crippen LogP contribution in [0.5, 0.6) is 5.75 Å². The number of nitrogens with one attached hydrogen (secondary N) is 1. The Balaban J connectivity index is 2.44. The molecule has 0 aliphatic heterocycles. The summed E-state index contributed by atoms with van der Waals surface area (Å²) in [6, 6.07) is 9.31.